The van der Waals surface area contributed by atoms with E-state index in [0.29, 0.717) is 13.0 Å². The van der Waals surface area contributed by atoms with E-state index in [2.05, 4.69) is 4.98 Å². The molecule has 1 aliphatic rings. The van der Waals surface area contributed by atoms with Crippen LogP contribution in [0.2, 0.25) is 0 Å². The average molecular weight is 256 g/mol. The first-order chi connectivity index (χ1) is 8.09. The molecule has 1 fully saturated rings. The zero-order valence-corrected chi connectivity index (χ0v) is 9.83. The number of aromatic amines is 1. The Morgan fingerprint density at radius 1 is 1.47 bits per heavy atom. The van der Waals surface area contributed by atoms with Crippen LogP contribution in [-0.2, 0) is 4.79 Å². The number of nitrogens with zero attached hydrogens (tertiary/aromatic N) is 1. The Kier molecular flexibility index (Phi) is 3.28. The minimum absolute atomic E-state index is 0.267. The fourth-order valence-corrected chi connectivity index (χ4v) is 2.60. The van der Waals surface area contributed by atoms with Crippen LogP contribution in [0.15, 0.2) is 11.0 Å². The van der Waals surface area contributed by atoms with Crippen molar-refractivity contribution >= 4 is 23.2 Å². The molecule has 7 heteroatoms. The number of hydrogen-bond donors (Lipinski definition) is 2. The molecule has 1 amide bonds. The number of aliphatic carboxylic acids is 1. The van der Waals surface area contributed by atoms with E-state index in [-0.39, 0.29) is 15.7 Å². The predicted octanol–water partition coefficient (Wildman–Crippen LogP) is 0.516. The smallest absolute Gasteiger partial charge is 0.326 e. The van der Waals surface area contributed by atoms with Crippen molar-refractivity contribution in [3.05, 3.63) is 20.7 Å². The fraction of sp³-hybridized carbons (Fsp3) is 0.500. The van der Waals surface area contributed by atoms with E-state index in [1.807, 2.05) is 0 Å². The topological polar surface area (TPSA) is 90.5 Å². The number of piperidine rings is 1. The molecule has 0 aromatic carbocycles. The lowest BCUT2D eigenvalue weighted by molar-refractivity contribution is -0.143. The predicted molar refractivity (Wildman–Crippen MR) is 61.3 cm³/mol. The monoisotopic (exact) mass is 256 g/mol. The van der Waals surface area contributed by atoms with Crippen molar-refractivity contribution in [1.29, 1.82) is 0 Å². The van der Waals surface area contributed by atoms with E-state index in [1.165, 1.54) is 11.1 Å². The summed E-state index contributed by atoms with van der Waals surface area (Å²) >= 11 is 0.808. The highest BCUT2D eigenvalue weighted by atomic mass is 32.1. The van der Waals surface area contributed by atoms with Gasteiger partial charge in [0.05, 0.1) is 0 Å². The van der Waals surface area contributed by atoms with Crippen molar-refractivity contribution in [2.45, 2.75) is 25.3 Å². The third kappa shape index (κ3) is 2.38. The summed E-state index contributed by atoms with van der Waals surface area (Å²) in [7, 11) is 0. The van der Waals surface area contributed by atoms with Crippen molar-refractivity contribution in [2.24, 2.45) is 0 Å². The molecular formula is C10H12N2O4S. The highest BCUT2D eigenvalue weighted by Gasteiger charge is 2.32. The maximum Gasteiger partial charge on any atom is 0.326 e. The Labute approximate surface area is 101 Å². The van der Waals surface area contributed by atoms with Crippen molar-refractivity contribution in [3.8, 4) is 0 Å². The highest BCUT2D eigenvalue weighted by Crippen LogP contribution is 2.20. The highest BCUT2D eigenvalue weighted by molar-refractivity contribution is 7.11. The first kappa shape index (κ1) is 11.8. The van der Waals surface area contributed by atoms with Crippen molar-refractivity contribution in [2.75, 3.05) is 6.54 Å². The quantitative estimate of drug-likeness (QED) is 0.807. The minimum atomic E-state index is -0.985. The van der Waals surface area contributed by atoms with Crippen LogP contribution >= 0.6 is 11.3 Å². The lowest BCUT2D eigenvalue weighted by Gasteiger charge is -2.32. The van der Waals surface area contributed by atoms with Crippen molar-refractivity contribution < 1.29 is 14.7 Å². The Hall–Kier alpha value is -1.63. The number of hydrogen-bond acceptors (Lipinski definition) is 4. The van der Waals surface area contributed by atoms with E-state index in [1.54, 1.807) is 0 Å². The van der Waals surface area contributed by atoms with Crippen LogP contribution in [0.1, 0.15) is 28.9 Å². The summed E-state index contributed by atoms with van der Waals surface area (Å²) in [6.45, 7) is 0.432. The number of carboxylic acid groups (broad SMARTS) is 1. The lowest BCUT2D eigenvalue weighted by Crippen LogP contribution is -2.47. The van der Waals surface area contributed by atoms with Gasteiger partial charge in [0.2, 0.25) is 0 Å². The molecule has 0 radical (unpaired) electrons. The Balaban J connectivity index is 2.22. The normalized spacial score (nSPS) is 20.2. The fourth-order valence-electron chi connectivity index (χ4n) is 1.96. The molecule has 1 aliphatic heterocycles. The van der Waals surface area contributed by atoms with Crippen LogP contribution in [0.5, 0.6) is 0 Å². The number of nitrogens with one attached hydrogen (secondary N) is 1. The molecule has 2 N–H and O–H groups in total. The number of carbonyl (C=O) groups is 2. The van der Waals surface area contributed by atoms with Gasteiger partial charge in [0.15, 0.2) is 0 Å². The van der Waals surface area contributed by atoms with Gasteiger partial charge in [-0.05, 0) is 19.3 Å². The number of carboxylic acids is 1. The Morgan fingerprint density at radius 3 is 2.82 bits per heavy atom. The minimum Gasteiger partial charge on any atom is -0.480 e. The van der Waals surface area contributed by atoms with E-state index in [9.17, 15) is 14.4 Å². The van der Waals surface area contributed by atoms with Gasteiger partial charge in [0.25, 0.3) is 5.91 Å². The van der Waals surface area contributed by atoms with Crippen LogP contribution < -0.4 is 4.87 Å². The van der Waals surface area contributed by atoms with Crippen LogP contribution in [0.4, 0.5) is 0 Å². The molecule has 1 atom stereocenters. The number of carbonyl (C=O) groups excluding carboxylic acids is 1. The number of H-pyrrole nitrogens is 1. The van der Waals surface area contributed by atoms with Crippen molar-refractivity contribution in [1.82, 2.24) is 9.88 Å². The van der Waals surface area contributed by atoms with E-state index in [4.69, 9.17) is 5.11 Å². The second-order valence-electron chi connectivity index (χ2n) is 3.89. The Bertz CT molecular complexity index is 492. The first-order valence-electron chi connectivity index (χ1n) is 5.32. The van der Waals surface area contributed by atoms with Crippen LogP contribution in [0.25, 0.3) is 0 Å². The molecule has 0 unspecified atom stereocenters. The number of rotatable bonds is 2. The van der Waals surface area contributed by atoms with Crippen LogP contribution in [-0.4, -0.2) is 39.5 Å². The van der Waals surface area contributed by atoms with Gasteiger partial charge >= 0.3 is 10.8 Å². The van der Waals surface area contributed by atoms with Gasteiger partial charge < -0.3 is 15.0 Å². The summed E-state index contributed by atoms with van der Waals surface area (Å²) in [6.07, 6.45) is 3.42. The largest absolute Gasteiger partial charge is 0.480 e. The number of thiazole rings is 1. The van der Waals surface area contributed by atoms with Gasteiger partial charge in [-0.1, -0.05) is 11.3 Å². The van der Waals surface area contributed by atoms with Gasteiger partial charge in [-0.25, -0.2) is 4.79 Å². The summed E-state index contributed by atoms with van der Waals surface area (Å²) in [5.74, 6) is -1.36. The summed E-state index contributed by atoms with van der Waals surface area (Å²) in [6, 6.07) is -0.770. The van der Waals surface area contributed by atoms with E-state index < -0.39 is 12.0 Å². The number of aromatic nitrogens is 1. The standard InChI is InChI=1S/C10H12N2O4S/c13-8(7-5-11-10(16)17-7)12-4-2-1-3-6(12)9(14)15/h5-6H,1-4H2,(H,11,16)(H,14,15)/t6-/m1/s1. The Morgan fingerprint density at radius 2 is 2.24 bits per heavy atom. The third-order valence-electron chi connectivity index (χ3n) is 2.78. The lowest BCUT2D eigenvalue weighted by atomic mass is 10.0. The van der Waals surface area contributed by atoms with Gasteiger partial charge in [-0.15, -0.1) is 0 Å². The summed E-state index contributed by atoms with van der Waals surface area (Å²) in [5.41, 5.74) is 0. The maximum atomic E-state index is 12.0. The molecule has 1 aromatic rings. The molecule has 0 bridgehead atoms. The molecule has 1 saturated heterocycles. The molecule has 0 spiro atoms. The molecule has 1 aromatic heterocycles. The molecule has 0 aliphatic carbocycles. The first-order valence-corrected chi connectivity index (χ1v) is 6.13. The summed E-state index contributed by atoms with van der Waals surface area (Å²) in [4.78, 5) is 37.8. The summed E-state index contributed by atoms with van der Waals surface area (Å²) in [5, 5.41) is 9.05. The molecular weight excluding hydrogens is 244 g/mol. The van der Waals surface area contributed by atoms with E-state index >= 15 is 0 Å². The van der Waals surface area contributed by atoms with Crippen LogP contribution in [0, 0.1) is 0 Å². The second kappa shape index (κ2) is 4.70. The maximum absolute atomic E-state index is 12.0. The summed E-state index contributed by atoms with van der Waals surface area (Å²) < 4.78 is 0. The van der Waals surface area contributed by atoms with Crippen LogP contribution in [0.3, 0.4) is 0 Å². The van der Waals surface area contributed by atoms with Gasteiger partial charge in [-0.2, -0.15) is 0 Å². The molecule has 92 valence electrons. The molecule has 2 rings (SSSR count). The average Bonchev–Trinajstić information content (AvgIpc) is 2.75. The number of likely N-dealkylation sites (tertiary alicyclic amines) is 1. The molecule has 0 saturated carbocycles. The molecule has 6 nitrogen and oxygen atoms in total. The van der Waals surface area contributed by atoms with Gasteiger partial charge in [0, 0.05) is 12.7 Å². The van der Waals surface area contributed by atoms with Crippen molar-refractivity contribution in [3.63, 3.8) is 0 Å². The second-order valence-corrected chi connectivity index (χ2v) is 4.91. The number of amides is 1. The van der Waals surface area contributed by atoms with E-state index in [0.717, 1.165) is 24.2 Å². The molecule has 17 heavy (non-hydrogen) atoms. The zero-order chi connectivity index (χ0) is 12.4. The van der Waals surface area contributed by atoms with Gasteiger partial charge in [-0.3, -0.25) is 9.59 Å². The van der Waals surface area contributed by atoms with Gasteiger partial charge in [0.1, 0.15) is 10.9 Å². The molecule has 2 heterocycles. The third-order valence-corrected chi connectivity index (χ3v) is 3.60. The SMILES string of the molecule is O=C(O)[C@H]1CCCCN1C(=O)c1c[nH]c(=O)s1. The zero-order valence-electron chi connectivity index (χ0n) is 9.01.